The molecule has 1 N–H and O–H groups in total. The highest BCUT2D eigenvalue weighted by atomic mass is 16.5. The molecule has 0 amide bonds. The lowest BCUT2D eigenvalue weighted by Gasteiger charge is -2.06. The number of carbonyl (C=O) groups is 1. The first-order valence-electron chi connectivity index (χ1n) is 9.13. The van der Waals surface area contributed by atoms with Crippen LogP contribution in [0.4, 0.5) is 5.69 Å². The smallest absolute Gasteiger partial charge is 0.157 e. The van der Waals surface area contributed by atoms with Gasteiger partial charge in [0, 0.05) is 17.8 Å². The summed E-state index contributed by atoms with van der Waals surface area (Å²) in [5.41, 5.74) is 5.79. The second-order valence-corrected chi connectivity index (χ2v) is 6.19. The second-order valence-electron chi connectivity index (χ2n) is 6.19. The minimum Gasteiger partial charge on any atom is -0.486 e. The molecule has 1 aliphatic rings. The van der Waals surface area contributed by atoms with E-state index in [0.29, 0.717) is 0 Å². The molecule has 3 rings (SSSR count). The van der Waals surface area contributed by atoms with Crippen LogP contribution in [0.5, 0.6) is 5.75 Å². The standard InChI is InChI=1S/C14H16.C10H11NO2/c1-4-12(2)10-11-13(3)14-8-6-5-7-9-14;12-6-7-13-10-3-1-2-9-8(10)4-5-11-9/h4-11H,3H2,1-2H3;1-3,6,11H,4-5,7H2/b11-10-,12-4-;. The zero-order valence-corrected chi connectivity index (χ0v) is 16.1. The number of hydrogen-bond donors (Lipinski definition) is 1. The molecule has 1 aliphatic heterocycles. The van der Waals surface area contributed by atoms with Gasteiger partial charge >= 0.3 is 0 Å². The second kappa shape index (κ2) is 10.8. The van der Waals surface area contributed by atoms with Gasteiger partial charge in [0.05, 0.1) is 0 Å². The Kier molecular flexibility index (Phi) is 8.11. The lowest BCUT2D eigenvalue weighted by molar-refractivity contribution is -0.109. The van der Waals surface area contributed by atoms with E-state index in [1.165, 1.54) is 16.7 Å². The maximum atomic E-state index is 10.1. The van der Waals surface area contributed by atoms with Crippen LogP contribution in [-0.2, 0) is 11.2 Å². The summed E-state index contributed by atoms with van der Waals surface area (Å²) >= 11 is 0. The van der Waals surface area contributed by atoms with Crippen LogP contribution in [0, 0.1) is 0 Å². The topological polar surface area (TPSA) is 38.3 Å². The molecule has 2 aromatic rings. The molecule has 0 radical (unpaired) electrons. The third-order valence-corrected chi connectivity index (χ3v) is 4.28. The van der Waals surface area contributed by atoms with Gasteiger partial charge in [0.15, 0.2) is 6.29 Å². The van der Waals surface area contributed by atoms with E-state index >= 15 is 0 Å². The predicted molar refractivity (Wildman–Crippen MR) is 114 cm³/mol. The third-order valence-electron chi connectivity index (χ3n) is 4.28. The van der Waals surface area contributed by atoms with Gasteiger partial charge in [-0.15, -0.1) is 0 Å². The zero-order valence-electron chi connectivity index (χ0n) is 16.1. The van der Waals surface area contributed by atoms with Crippen molar-refractivity contribution in [3.8, 4) is 5.75 Å². The van der Waals surface area contributed by atoms with Crippen LogP contribution in [0.25, 0.3) is 5.57 Å². The molecule has 3 heteroatoms. The lowest BCUT2D eigenvalue weighted by atomic mass is 10.1. The van der Waals surface area contributed by atoms with Gasteiger partial charge in [-0.05, 0) is 43.5 Å². The highest BCUT2D eigenvalue weighted by Crippen LogP contribution is 2.30. The number of aldehydes is 1. The van der Waals surface area contributed by atoms with Gasteiger partial charge in [0.25, 0.3) is 0 Å². The lowest BCUT2D eigenvalue weighted by Crippen LogP contribution is -1.99. The Bertz CT molecular complexity index is 820. The van der Waals surface area contributed by atoms with Gasteiger partial charge in [-0.2, -0.15) is 0 Å². The molecule has 0 fully saturated rings. The largest absolute Gasteiger partial charge is 0.486 e. The van der Waals surface area contributed by atoms with Crippen LogP contribution >= 0.6 is 0 Å². The maximum absolute atomic E-state index is 10.1. The number of rotatable bonds is 6. The fourth-order valence-electron chi connectivity index (χ4n) is 2.65. The Morgan fingerprint density at radius 1 is 1.15 bits per heavy atom. The van der Waals surface area contributed by atoms with E-state index in [-0.39, 0.29) is 6.61 Å². The number of ether oxygens (including phenoxy) is 1. The van der Waals surface area contributed by atoms with Gasteiger partial charge in [0.2, 0.25) is 0 Å². The van der Waals surface area contributed by atoms with Crippen molar-refractivity contribution < 1.29 is 9.53 Å². The summed E-state index contributed by atoms with van der Waals surface area (Å²) in [5, 5.41) is 3.25. The summed E-state index contributed by atoms with van der Waals surface area (Å²) in [7, 11) is 0. The van der Waals surface area contributed by atoms with Crippen molar-refractivity contribution in [3.05, 3.63) is 90.0 Å². The van der Waals surface area contributed by atoms with Crippen LogP contribution in [0.3, 0.4) is 0 Å². The molecule has 0 aliphatic carbocycles. The van der Waals surface area contributed by atoms with Crippen LogP contribution < -0.4 is 10.1 Å². The number of allylic oxidation sites excluding steroid dienone is 5. The van der Waals surface area contributed by atoms with E-state index < -0.39 is 0 Å². The summed E-state index contributed by atoms with van der Waals surface area (Å²) in [6.45, 7) is 9.22. The maximum Gasteiger partial charge on any atom is 0.157 e. The number of carbonyl (C=O) groups excluding carboxylic acids is 1. The van der Waals surface area contributed by atoms with Crippen molar-refractivity contribution in [2.24, 2.45) is 0 Å². The van der Waals surface area contributed by atoms with Crippen LogP contribution in [0.1, 0.15) is 25.0 Å². The normalized spacial score (nSPS) is 12.6. The van der Waals surface area contributed by atoms with E-state index in [1.807, 2.05) is 49.4 Å². The Morgan fingerprint density at radius 3 is 2.63 bits per heavy atom. The van der Waals surface area contributed by atoms with Gasteiger partial charge < -0.3 is 10.1 Å². The van der Waals surface area contributed by atoms with Crippen LogP contribution in [-0.4, -0.2) is 19.4 Å². The molecule has 0 spiro atoms. The molecule has 0 saturated carbocycles. The average Bonchev–Trinajstić information content (AvgIpc) is 3.20. The molecule has 140 valence electrons. The van der Waals surface area contributed by atoms with E-state index in [0.717, 1.165) is 36.3 Å². The number of fused-ring (bicyclic) bond motifs is 1. The first kappa shape index (κ1) is 20.2. The SMILES string of the molecule is C=C(/C=C\C(C)=C/C)c1ccccc1.O=CCOc1cccc2c1CCN2. The summed E-state index contributed by atoms with van der Waals surface area (Å²) < 4.78 is 5.29. The van der Waals surface area contributed by atoms with Crippen LogP contribution in [0.15, 0.2) is 78.9 Å². The summed E-state index contributed by atoms with van der Waals surface area (Å²) in [6.07, 6.45) is 7.95. The fraction of sp³-hybridized carbons (Fsp3) is 0.208. The minimum atomic E-state index is 0.135. The number of anilines is 1. The minimum absolute atomic E-state index is 0.135. The van der Waals surface area contributed by atoms with Gasteiger partial charge in [-0.3, -0.25) is 4.79 Å². The van der Waals surface area contributed by atoms with E-state index in [1.54, 1.807) is 0 Å². The van der Waals surface area contributed by atoms with E-state index in [2.05, 4.69) is 43.1 Å². The number of hydrogen-bond acceptors (Lipinski definition) is 3. The monoisotopic (exact) mass is 361 g/mol. The van der Waals surface area contributed by atoms with Gasteiger partial charge in [-0.25, -0.2) is 0 Å². The number of nitrogens with one attached hydrogen (secondary N) is 1. The Hall–Kier alpha value is -3.07. The molecule has 1 heterocycles. The molecule has 2 aromatic carbocycles. The predicted octanol–water partition coefficient (Wildman–Crippen LogP) is 5.45. The first-order valence-corrected chi connectivity index (χ1v) is 9.13. The number of benzene rings is 2. The van der Waals surface area contributed by atoms with E-state index in [4.69, 9.17) is 4.74 Å². The fourth-order valence-corrected chi connectivity index (χ4v) is 2.65. The van der Waals surface area contributed by atoms with Gasteiger partial charge in [-0.1, -0.05) is 66.8 Å². The average molecular weight is 361 g/mol. The van der Waals surface area contributed by atoms with Crippen molar-refractivity contribution in [3.63, 3.8) is 0 Å². The van der Waals surface area contributed by atoms with Gasteiger partial charge in [0.1, 0.15) is 12.4 Å². The summed E-state index contributed by atoms with van der Waals surface area (Å²) in [5.74, 6) is 0.828. The Morgan fingerprint density at radius 2 is 1.93 bits per heavy atom. The van der Waals surface area contributed by atoms with Crippen molar-refractivity contribution in [1.29, 1.82) is 0 Å². The third kappa shape index (κ3) is 6.30. The molecule has 0 saturated heterocycles. The Balaban J connectivity index is 0.000000194. The zero-order chi connectivity index (χ0) is 19.5. The van der Waals surface area contributed by atoms with Crippen molar-refractivity contribution in [1.82, 2.24) is 0 Å². The molecule has 3 nitrogen and oxygen atoms in total. The molecule has 0 aromatic heterocycles. The van der Waals surface area contributed by atoms with Crippen LogP contribution in [0.2, 0.25) is 0 Å². The van der Waals surface area contributed by atoms with Crippen molar-refractivity contribution >= 4 is 17.5 Å². The molecular formula is C24H27NO2. The molecular weight excluding hydrogens is 334 g/mol. The quantitative estimate of drug-likeness (QED) is 0.549. The van der Waals surface area contributed by atoms with E-state index in [9.17, 15) is 4.79 Å². The highest BCUT2D eigenvalue weighted by Gasteiger charge is 2.14. The highest BCUT2D eigenvalue weighted by molar-refractivity contribution is 5.72. The molecule has 27 heavy (non-hydrogen) atoms. The first-order chi connectivity index (χ1) is 13.2. The summed E-state index contributed by atoms with van der Waals surface area (Å²) in [6, 6.07) is 16.0. The molecule has 0 atom stereocenters. The molecule has 0 bridgehead atoms. The van der Waals surface area contributed by atoms with Crippen molar-refractivity contribution in [2.45, 2.75) is 20.3 Å². The Labute approximate surface area is 162 Å². The van der Waals surface area contributed by atoms with Crippen molar-refractivity contribution in [2.75, 3.05) is 18.5 Å². The summed E-state index contributed by atoms with van der Waals surface area (Å²) in [4.78, 5) is 10.1. The molecule has 0 unspecified atom stereocenters.